The van der Waals surface area contributed by atoms with E-state index in [4.69, 9.17) is 9.47 Å². The van der Waals surface area contributed by atoms with Crippen molar-refractivity contribution in [2.75, 3.05) is 41.4 Å². The minimum atomic E-state index is -0.823. The number of aliphatic hydroxyl groups excluding tert-OH is 1. The molecule has 0 aliphatic carbocycles. The molecule has 1 aromatic carbocycles. The maximum atomic E-state index is 13.3. The van der Waals surface area contributed by atoms with Gasteiger partial charge in [-0.25, -0.2) is 0 Å². The fourth-order valence-corrected chi connectivity index (χ4v) is 4.37. The first-order chi connectivity index (χ1) is 15.6. The number of para-hydroxylation sites is 1. The molecule has 33 heavy (non-hydrogen) atoms. The number of ether oxygens (including phenoxy) is 2. The van der Waals surface area contributed by atoms with Gasteiger partial charge in [0.2, 0.25) is 0 Å². The molecular weight excluding hydrogens is 424 g/mol. The molecular formula is C24H32N4O5. The summed E-state index contributed by atoms with van der Waals surface area (Å²) in [6, 6.07) is 4.48. The molecule has 0 bridgehead atoms. The number of nitrogens with zero attached hydrogens (tertiary/aromatic N) is 4. The summed E-state index contributed by atoms with van der Waals surface area (Å²) in [4.78, 5) is 30.0. The van der Waals surface area contributed by atoms with E-state index in [0.717, 1.165) is 6.54 Å². The molecule has 2 aromatic rings. The van der Waals surface area contributed by atoms with E-state index < -0.39 is 17.7 Å². The van der Waals surface area contributed by atoms with Crippen molar-refractivity contribution in [1.29, 1.82) is 0 Å². The molecule has 178 valence electrons. The van der Waals surface area contributed by atoms with Crippen LogP contribution in [0.3, 0.4) is 0 Å². The predicted octanol–water partition coefficient (Wildman–Crippen LogP) is 2.43. The zero-order valence-electron chi connectivity index (χ0n) is 20.3. The first kappa shape index (κ1) is 24.3. The number of hydrogen-bond donors (Lipinski definition) is 1. The van der Waals surface area contributed by atoms with Gasteiger partial charge in [-0.1, -0.05) is 12.1 Å². The summed E-state index contributed by atoms with van der Waals surface area (Å²) in [6.45, 7) is 4.65. The molecule has 9 nitrogen and oxygen atoms in total. The average molecular weight is 457 g/mol. The van der Waals surface area contributed by atoms with Crippen molar-refractivity contribution in [3.63, 3.8) is 0 Å². The van der Waals surface area contributed by atoms with Crippen LogP contribution in [0, 0.1) is 13.8 Å². The summed E-state index contributed by atoms with van der Waals surface area (Å²) in [7, 11) is 8.70. The van der Waals surface area contributed by atoms with Crippen LogP contribution in [-0.2, 0) is 16.6 Å². The number of ketones is 1. The van der Waals surface area contributed by atoms with Crippen LogP contribution in [0.5, 0.6) is 11.5 Å². The summed E-state index contributed by atoms with van der Waals surface area (Å²) < 4.78 is 12.7. The Labute approximate surface area is 194 Å². The van der Waals surface area contributed by atoms with Gasteiger partial charge in [0.15, 0.2) is 11.5 Å². The Balaban J connectivity index is 2.25. The van der Waals surface area contributed by atoms with E-state index in [-0.39, 0.29) is 11.3 Å². The van der Waals surface area contributed by atoms with Crippen molar-refractivity contribution in [2.45, 2.75) is 26.3 Å². The van der Waals surface area contributed by atoms with Gasteiger partial charge < -0.3 is 24.4 Å². The second kappa shape index (κ2) is 9.66. The zero-order chi connectivity index (χ0) is 24.4. The highest BCUT2D eigenvalue weighted by atomic mass is 16.5. The van der Waals surface area contributed by atoms with Crippen molar-refractivity contribution >= 4 is 17.4 Å². The third-order valence-corrected chi connectivity index (χ3v) is 6.02. The highest BCUT2D eigenvalue weighted by molar-refractivity contribution is 6.46. The van der Waals surface area contributed by atoms with E-state index in [1.54, 1.807) is 36.9 Å². The normalized spacial score (nSPS) is 17.8. The third kappa shape index (κ3) is 4.32. The Hall–Kier alpha value is -3.33. The van der Waals surface area contributed by atoms with Gasteiger partial charge in [0, 0.05) is 24.8 Å². The van der Waals surface area contributed by atoms with Gasteiger partial charge in [-0.05, 0) is 47.0 Å². The molecule has 1 aliphatic rings. The number of aryl methyl sites for hydroxylation is 2. The fraction of sp³-hybridized carbons (Fsp3) is 0.458. The Morgan fingerprint density at radius 2 is 1.88 bits per heavy atom. The molecule has 3 rings (SSSR count). The van der Waals surface area contributed by atoms with Gasteiger partial charge in [0.05, 0.1) is 37.1 Å². The molecule has 1 N–H and O–H groups in total. The van der Waals surface area contributed by atoms with Crippen LogP contribution in [0.2, 0.25) is 0 Å². The molecule has 1 fully saturated rings. The summed E-state index contributed by atoms with van der Waals surface area (Å²) >= 11 is 0. The molecule has 1 amide bonds. The maximum Gasteiger partial charge on any atom is 0.295 e. The molecule has 0 saturated carbocycles. The zero-order valence-corrected chi connectivity index (χ0v) is 20.3. The minimum absolute atomic E-state index is 0.0237. The number of methoxy groups -OCH3 is 2. The number of rotatable bonds is 8. The first-order valence-corrected chi connectivity index (χ1v) is 10.8. The number of benzene rings is 1. The summed E-state index contributed by atoms with van der Waals surface area (Å²) in [5.74, 6) is -0.724. The minimum Gasteiger partial charge on any atom is -0.507 e. The molecule has 1 saturated heterocycles. The standard InChI is InChI=1S/C24H32N4O5/c1-14-18(15(2)27(5)25-14)21(29)19-20(16-10-8-11-17(32-6)23(16)33-7)28(24(31)22(19)30)13-9-12-26(3)4/h8,10-11,20,29H,9,12-13H2,1-7H3/t20-/m0/s1. The summed E-state index contributed by atoms with van der Waals surface area (Å²) in [6.07, 6.45) is 0.661. The quantitative estimate of drug-likeness (QED) is 0.370. The number of likely N-dealkylation sites (tertiary alicyclic amines) is 1. The van der Waals surface area contributed by atoms with Crippen LogP contribution < -0.4 is 9.47 Å². The lowest BCUT2D eigenvalue weighted by Crippen LogP contribution is -2.32. The first-order valence-electron chi connectivity index (χ1n) is 10.8. The van der Waals surface area contributed by atoms with E-state index in [2.05, 4.69) is 5.10 Å². The van der Waals surface area contributed by atoms with Gasteiger partial charge >= 0.3 is 0 Å². The number of aromatic nitrogens is 2. The Bertz CT molecular complexity index is 1100. The van der Waals surface area contributed by atoms with Crippen molar-refractivity contribution in [1.82, 2.24) is 19.6 Å². The van der Waals surface area contributed by atoms with Crippen molar-refractivity contribution in [3.8, 4) is 11.5 Å². The van der Waals surface area contributed by atoms with Gasteiger partial charge in [-0.3, -0.25) is 14.3 Å². The second-order valence-electron chi connectivity index (χ2n) is 8.40. The van der Waals surface area contributed by atoms with E-state index >= 15 is 0 Å². The molecule has 0 radical (unpaired) electrons. The lowest BCUT2D eigenvalue weighted by atomic mass is 9.93. The lowest BCUT2D eigenvalue weighted by Gasteiger charge is -2.27. The van der Waals surface area contributed by atoms with E-state index in [9.17, 15) is 14.7 Å². The largest absolute Gasteiger partial charge is 0.507 e. The van der Waals surface area contributed by atoms with Crippen LogP contribution in [0.4, 0.5) is 0 Å². The van der Waals surface area contributed by atoms with Crippen LogP contribution in [0.1, 0.15) is 35.0 Å². The number of amides is 1. The maximum absolute atomic E-state index is 13.3. The van der Waals surface area contributed by atoms with Crippen LogP contribution in [0.25, 0.3) is 5.76 Å². The van der Waals surface area contributed by atoms with Crippen molar-refractivity contribution in [3.05, 3.63) is 46.3 Å². The third-order valence-electron chi connectivity index (χ3n) is 6.02. The van der Waals surface area contributed by atoms with Gasteiger partial charge in [0.25, 0.3) is 11.7 Å². The Morgan fingerprint density at radius 3 is 2.42 bits per heavy atom. The molecule has 2 heterocycles. The lowest BCUT2D eigenvalue weighted by molar-refractivity contribution is -0.140. The second-order valence-corrected chi connectivity index (χ2v) is 8.40. The van der Waals surface area contributed by atoms with Crippen LogP contribution in [0.15, 0.2) is 23.8 Å². The van der Waals surface area contributed by atoms with Gasteiger partial charge in [0.1, 0.15) is 5.76 Å². The molecule has 1 aromatic heterocycles. The smallest absolute Gasteiger partial charge is 0.295 e. The van der Waals surface area contributed by atoms with Gasteiger partial charge in [-0.2, -0.15) is 5.10 Å². The van der Waals surface area contributed by atoms with E-state index in [0.29, 0.717) is 47.0 Å². The average Bonchev–Trinajstić information content (AvgIpc) is 3.18. The highest BCUT2D eigenvalue weighted by Gasteiger charge is 2.47. The number of Topliss-reactive ketones (excluding diaryl/α,β-unsaturated/α-hetero) is 1. The van der Waals surface area contributed by atoms with Crippen molar-refractivity contribution < 1.29 is 24.2 Å². The Kier molecular flexibility index (Phi) is 7.12. The molecule has 1 aliphatic heterocycles. The molecule has 1 atom stereocenters. The number of carbonyl (C=O) groups excluding carboxylic acids is 2. The van der Waals surface area contributed by atoms with Crippen LogP contribution in [-0.4, -0.2) is 77.8 Å². The predicted molar refractivity (Wildman–Crippen MR) is 124 cm³/mol. The SMILES string of the molecule is COc1cccc([C@H]2C(=C(O)c3c(C)nn(C)c3C)C(=O)C(=O)N2CCCN(C)C)c1OC. The highest BCUT2D eigenvalue weighted by Crippen LogP contribution is 2.45. The molecule has 9 heteroatoms. The van der Waals surface area contributed by atoms with Crippen molar-refractivity contribution in [2.24, 2.45) is 7.05 Å². The summed E-state index contributed by atoms with van der Waals surface area (Å²) in [5, 5.41) is 15.7. The van der Waals surface area contributed by atoms with E-state index in [1.165, 1.54) is 19.1 Å². The fourth-order valence-electron chi connectivity index (χ4n) is 4.37. The topological polar surface area (TPSA) is 97.1 Å². The number of carbonyl (C=O) groups is 2. The number of hydrogen-bond acceptors (Lipinski definition) is 7. The monoisotopic (exact) mass is 456 g/mol. The molecule has 0 unspecified atom stereocenters. The van der Waals surface area contributed by atoms with Crippen LogP contribution >= 0.6 is 0 Å². The van der Waals surface area contributed by atoms with E-state index in [1.807, 2.05) is 25.9 Å². The number of aliphatic hydroxyl groups is 1. The van der Waals surface area contributed by atoms with Gasteiger partial charge in [-0.15, -0.1) is 0 Å². The summed E-state index contributed by atoms with van der Waals surface area (Å²) in [5.41, 5.74) is 2.32. The molecule has 0 spiro atoms. The Morgan fingerprint density at radius 1 is 1.18 bits per heavy atom.